The predicted octanol–water partition coefficient (Wildman–Crippen LogP) is 2.48. The summed E-state index contributed by atoms with van der Waals surface area (Å²) in [6.45, 7) is 6.24. The van der Waals surface area contributed by atoms with Gasteiger partial charge in [-0.05, 0) is 43.5 Å². The van der Waals surface area contributed by atoms with E-state index in [0.29, 0.717) is 19.8 Å². The minimum atomic E-state index is -0.447. The molecule has 0 aliphatic rings. The van der Waals surface area contributed by atoms with E-state index in [4.69, 9.17) is 14.2 Å². The van der Waals surface area contributed by atoms with Crippen LogP contribution in [0.15, 0.2) is 18.2 Å². The third kappa shape index (κ3) is 6.05. The maximum Gasteiger partial charge on any atom is 0.122 e. The molecular formula is C15H24O4. The van der Waals surface area contributed by atoms with E-state index in [1.807, 2.05) is 25.1 Å². The number of rotatable bonds is 9. The van der Waals surface area contributed by atoms with Crippen molar-refractivity contribution in [1.29, 1.82) is 0 Å². The van der Waals surface area contributed by atoms with Crippen LogP contribution in [-0.4, -0.2) is 38.6 Å². The zero-order valence-corrected chi connectivity index (χ0v) is 12.0. The van der Waals surface area contributed by atoms with Crippen molar-refractivity contribution in [1.82, 2.24) is 0 Å². The standard InChI is InChI=1S/C15H24O4/c1-12-11-14(13(2)16)5-6-15(12)19-10-9-18-8-4-7-17-3/h5-6,11,13,16H,4,7-10H2,1-3H3/t13-/m0/s1. The SMILES string of the molecule is COCCCOCCOc1ccc([C@H](C)O)cc1C. The van der Waals surface area contributed by atoms with E-state index in [2.05, 4.69) is 0 Å². The maximum absolute atomic E-state index is 9.48. The largest absolute Gasteiger partial charge is 0.491 e. The first-order chi connectivity index (χ1) is 9.15. The van der Waals surface area contributed by atoms with Gasteiger partial charge in [0.25, 0.3) is 0 Å². The Morgan fingerprint density at radius 2 is 1.95 bits per heavy atom. The second-order valence-corrected chi connectivity index (χ2v) is 4.51. The Kier molecular flexibility index (Phi) is 7.48. The third-order valence-electron chi connectivity index (χ3n) is 2.80. The van der Waals surface area contributed by atoms with Crippen molar-refractivity contribution >= 4 is 0 Å². The van der Waals surface area contributed by atoms with E-state index in [-0.39, 0.29) is 0 Å². The van der Waals surface area contributed by atoms with Crippen LogP contribution < -0.4 is 4.74 Å². The number of aryl methyl sites for hydroxylation is 1. The molecule has 1 N–H and O–H groups in total. The highest BCUT2D eigenvalue weighted by Gasteiger charge is 2.04. The predicted molar refractivity (Wildman–Crippen MR) is 74.6 cm³/mol. The molecule has 0 aliphatic carbocycles. The molecule has 0 spiro atoms. The van der Waals surface area contributed by atoms with Gasteiger partial charge >= 0.3 is 0 Å². The number of hydrogen-bond acceptors (Lipinski definition) is 4. The van der Waals surface area contributed by atoms with Gasteiger partial charge in [-0.15, -0.1) is 0 Å². The average molecular weight is 268 g/mol. The molecule has 19 heavy (non-hydrogen) atoms. The summed E-state index contributed by atoms with van der Waals surface area (Å²) in [6.07, 6.45) is 0.454. The fourth-order valence-electron chi connectivity index (χ4n) is 1.71. The van der Waals surface area contributed by atoms with Gasteiger partial charge in [0.15, 0.2) is 0 Å². The molecule has 1 atom stereocenters. The Morgan fingerprint density at radius 1 is 1.16 bits per heavy atom. The zero-order valence-electron chi connectivity index (χ0n) is 12.0. The number of ether oxygens (including phenoxy) is 3. The van der Waals surface area contributed by atoms with Gasteiger partial charge in [-0.2, -0.15) is 0 Å². The lowest BCUT2D eigenvalue weighted by atomic mass is 10.1. The van der Waals surface area contributed by atoms with Crippen LogP contribution in [0.5, 0.6) is 5.75 Å². The molecule has 0 amide bonds. The fraction of sp³-hybridized carbons (Fsp3) is 0.600. The van der Waals surface area contributed by atoms with E-state index in [9.17, 15) is 5.11 Å². The third-order valence-corrected chi connectivity index (χ3v) is 2.80. The lowest BCUT2D eigenvalue weighted by Crippen LogP contribution is -2.09. The van der Waals surface area contributed by atoms with Crippen LogP contribution in [0, 0.1) is 6.92 Å². The molecule has 0 fully saturated rings. The maximum atomic E-state index is 9.48. The topological polar surface area (TPSA) is 47.9 Å². The molecule has 0 heterocycles. The van der Waals surface area contributed by atoms with E-state index >= 15 is 0 Å². The Bertz CT molecular complexity index is 363. The van der Waals surface area contributed by atoms with Crippen molar-refractivity contribution in [2.75, 3.05) is 33.5 Å². The Morgan fingerprint density at radius 3 is 2.58 bits per heavy atom. The quantitative estimate of drug-likeness (QED) is 0.699. The van der Waals surface area contributed by atoms with Crippen LogP contribution in [0.2, 0.25) is 0 Å². The van der Waals surface area contributed by atoms with Crippen molar-refractivity contribution in [3.05, 3.63) is 29.3 Å². The lowest BCUT2D eigenvalue weighted by Gasteiger charge is -2.12. The summed E-state index contributed by atoms with van der Waals surface area (Å²) < 4.78 is 16.0. The Labute approximate surface area is 115 Å². The van der Waals surface area contributed by atoms with Crippen LogP contribution in [0.4, 0.5) is 0 Å². The highest BCUT2D eigenvalue weighted by atomic mass is 16.5. The summed E-state index contributed by atoms with van der Waals surface area (Å²) in [4.78, 5) is 0. The summed E-state index contributed by atoms with van der Waals surface area (Å²) in [6, 6.07) is 5.72. The molecule has 4 heteroatoms. The van der Waals surface area contributed by atoms with Crippen LogP contribution in [0.1, 0.15) is 30.6 Å². The molecule has 4 nitrogen and oxygen atoms in total. The molecular weight excluding hydrogens is 244 g/mol. The minimum absolute atomic E-state index is 0.447. The monoisotopic (exact) mass is 268 g/mol. The van der Waals surface area contributed by atoms with Crippen LogP contribution in [-0.2, 0) is 9.47 Å². The summed E-state index contributed by atoms with van der Waals surface area (Å²) in [5, 5.41) is 9.48. The fourth-order valence-corrected chi connectivity index (χ4v) is 1.71. The van der Waals surface area contributed by atoms with Crippen molar-refractivity contribution in [2.24, 2.45) is 0 Å². The smallest absolute Gasteiger partial charge is 0.122 e. The molecule has 0 saturated carbocycles. The normalized spacial score (nSPS) is 12.4. The summed E-state index contributed by atoms with van der Waals surface area (Å²) in [5.74, 6) is 0.838. The highest BCUT2D eigenvalue weighted by molar-refractivity contribution is 5.36. The second-order valence-electron chi connectivity index (χ2n) is 4.51. The summed E-state index contributed by atoms with van der Waals surface area (Å²) >= 11 is 0. The molecule has 0 saturated heterocycles. The number of hydrogen-bond donors (Lipinski definition) is 1. The average Bonchev–Trinajstić information content (AvgIpc) is 2.39. The van der Waals surface area contributed by atoms with E-state index in [1.165, 1.54) is 0 Å². The minimum Gasteiger partial charge on any atom is -0.491 e. The van der Waals surface area contributed by atoms with E-state index in [1.54, 1.807) is 14.0 Å². The van der Waals surface area contributed by atoms with Gasteiger partial charge in [0.2, 0.25) is 0 Å². The molecule has 108 valence electrons. The Hall–Kier alpha value is -1.10. The molecule has 1 aromatic carbocycles. The highest BCUT2D eigenvalue weighted by Crippen LogP contribution is 2.22. The number of methoxy groups -OCH3 is 1. The first-order valence-electron chi connectivity index (χ1n) is 6.63. The zero-order chi connectivity index (χ0) is 14.1. The van der Waals surface area contributed by atoms with Crippen molar-refractivity contribution in [3.8, 4) is 5.75 Å². The lowest BCUT2D eigenvalue weighted by molar-refractivity contribution is 0.0804. The molecule has 0 aromatic heterocycles. The number of benzene rings is 1. The van der Waals surface area contributed by atoms with Gasteiger partial charge in [-0.1, -0.05) is 6.07 Å². The van der Waals surface area contributed by atoms with E-state index < -0.39 is 6.10 Å². The van der Waals surface area contributed by atoms with E-state index in [0.717, 1.165) is 29.9 Å². The first-order valence-corrected chi connectivity index (χ1v) is 6.63. The van der Waals surface area contributed by atoms with Crippen LogP contribution in [0.3, 0.4) is 0 Å². The molecule has 0 radical (unpaired) electrons. The summed E-state index contributed by atoms with van der Waals surface area (Å²) in [7, 11) is 1.68. The van der Waals surface area contributed by atoms with Crippen molar-refractivity contribution in [2.45, 2.75) is 26.4 Å². The van der Waals surface area contributed by atoms with Gasteiger partial charge in [-0.25, -0.2) is 0 Å². The van der Waals surface area contributed by atoms with Crippen LogP contribution >= 0.6 is 0 Å². The Balaban J connectivity index is 2.26. The van der Waals surface area contributed by atoms with Crippen LogP contribution in [0.25, 0.3) is 0 Å². The van der Waals surface area contributed by atoms with Crippen molar-refractivity contribution in [3.63, 3.8) is 0 Å². The van der Waals surface area contributed by atoms with Gasteiger partial charge in [0.05, 0.1) is 12.7 Å². The van der Waals surface area contributed by atoms with Gasteiger partial charge < -0.3 is 19.3 Å². The molecule has 0 unspecified atom stereocenters. The number of aliphatic hydroxyl groups is 1. The molecule has 1 rings (SSSR count). The molecule has 0 aliphatic heterocycles. The van der Waals surface area contributed by atoms with Gasteiger partial charge in [0.1, 0.15) is 12.4 Å². The second kappa shape index (κ2) is 8.91. The molecule has 1 aromatic rings. The van der Waals surface area contributed by atoms with Gasteiger partial charge in [0, 0.05) is 20.3 Å². The number of aliphatic hydroxyl groups excluding tert-OH is 1. The molecule has 0 bridgehead atoms. The first kappa shape index (κ1) is 16.0. The van der Waals surface area contributed by atoms with Gasteiger partial charge in [-0.3, -0.25) is 0 Å². The van der Waals surface area contributed by atoms with Crippen molar-refractivity contribution < 1.29 is 19.3 Å². The summed E-state index contributed by atoms with van der Waals surface area (Å²) in [5.41, 5.74) is 1.93.